The van der Waals surface area contributed by atoms with Crippen LogP contribution in [-0.2, 0) is 11.3 Å². The minimum atomic E-state index is -0.966. The van der Waals surface area contributed by atoms with E-state index in [1.165, 1.54) is 5.56 Å². The van der Waals surface area contributed by atoms with E-state index in [1.807, 2.05) is 42.5 Å². The van der Waals surface area contributed by atoms with Crippen molar-refractivity contribution in [3.05, 3.63) is 95.8 Å². The first-order valence-corrected chi connectivity index (χ1v) is 8.96. The molecule has 0 amide bonds. The number of benzene rings is 2. The van der Waals surface area contributed by atoms with Crippen molar-refractivity contribution in [2.75, 3.05) is 5.32 Å². The molecule has 0 saturated carbocycles. The smallest absolute Gasteiger partial charge is 0.336 e. The molecule has 0 unspecified atom stereocenters. The quantitative estimate of drug-likeness (QED) is 0.427. The van der Waals surface area contributed by atoms with E-state index in [1.54, 1.807) is 30.6 Å². The Morgan fingerprint density at radius 2 is 1.79 bits per heavy atom. The average molecular weight is 369 g/mol. The summed E-state index contributed by atoms with van der Waals surface area (Å²) in [6, 6.07) is 21.2. The molecule has 0 aliphatic rings. The van der Waals surface area contributed by atoms with Crippen molar-refractivity contribution in [2.45, 2.75) is 6.54 Å². The normalized spacial score (nSPS) is 11.5. The molecular formula is C23H19N3O2. The van der Waals surface area contributed by atoms with Gasteiger partial charge in [0.1, 0.15) is 5.65 Å². The molecule has 0 aliphatic carbocycles. The number of hydrogen-bond donors (Lipinski definition) is 3. The van der Waals surface area contributed by atoms with Gasteiger partial charge in [0.05, 0.1) is 17.5 Å². The van der Waals surface area contributed by atoms with E-state index in [0.717, 1.165) is 16.6 Å². The van der Waals surface area contributed by atoms with Gasteiger partial charge in [-0.25, -0.2) is 9.78 Å². The molecule has 0 saturated heterocycles. The number of aromatic amines is 1. The number of H-pyrrole nitrogens is 1. The first-order chi connectivity index (χ1) is 13.7. The fourth-order valence-electron chi connectivity index (χ4n) is 3.08. The Morgan fingerprint density at radius 3 is 2.50 bits per heavy atom. The summed E-state index contributed by atoms with van der Waals surface area (Å²) in [5, 5.41) is 13.9. The summed E-state index contributed by atoms with van der Waals surface area (Å²) in [4.78, 5) is 19.3. The number of fused-ring (bicyclic) bond motifs is 1. The Bertz CT molecular complexity index is 1130. The summed E-state index contributed by atoms with van der Waals surface area (Å²) in [5.41, 5.74) is 4.46. The number of carboxylic acid groups (broad SMARTS) is 1. The molecule has 2 aromatic carbocycles. The van der Waals surface area contributed by atoms with Gasteiger partial charge in [-0.2, -0.15) is 0 Å². The average Bonchev–Trinajstić information content (AvgIpc) is 3.14. The fraction of sp³-hybridized carbons (Fsp3) is 0.0435. The number of aliphatic carboxylic acids is 1. The zero-order valence-electron chi connectivity index (χ0n) is 15.1. The number of hydrogen-bond acceptors (Lipinski definition) is 3. The molecule has 5 heteroatoms. The topological polar surface area (TPSA) is 78.0 Å². The van der Waals surface area contributed by atoms with E-state index in [2.05, 4.69) is 27.4 Å². The summed E-state index contributed by atoms with van der Waals surface area (Å²) in [6.45, 7) is 0.689. The Hall–Kier alpha value is -3.86. The van der Waals surface area contributed by atoms with Crippen LogP contribution in [0.25, 0.3) is 22.7 Å². The monoisotopic (exact) mass is 369 g/mol. The summed E-state index contributed by atoms with van der Waals surface area (Å²) in [6.07, 6.45) is 5.23. The van der Waals surface area contributed by atoms with Gasteiger partial charge < -0.3 is 15.4 Å². The van der Waals surface area contributed by atoms with Crippen LogP contribution >= 0.6 is 0 Å². The summed E-state index contributed by atoms with van der Waals surface area (Å²) < 4.78 is 0. The highest BCUT2D eigenvalue weighted by Crippen LogP contribution is 2.25. The van der Waals surface area contributed by atoms with Crippen molar-refractivity contribution in [1.82, 2.24) is 9.97 Å². The van der Waals surface area contributed by atoms with Crippen LogP contribution in [0.1, 0.15) is 16.7 Å². The fourth-order valence-corrected chi connectivity index (χ4v) is 3.08. The molecule has 0 atom stereocenters. The number of nitrogens with zero attached hydrogens (tertiary/aromatic N) is 1. The van der Waals surface area contributed by atoms with Gasteiger partial charge in [-0.15, -0.1) is 0 Å². The van der Waals surface area contributed by atoms with Crippen molar-refractivity contribution in [2.24, 2.45) is 0 Å². The molecule has 0 fully saturated rings. The van der Waals surface area contributed by atoms with Crippen molar-refractivity contribution in [3.63, 3.8) is 0 Å². The molecule has 0 radical (unpaired) electrons. The summed E-state index contributed by atoms with van der Waals surface area (Å²) in [5.74, 6) is -0.966. The minimum absolute atomic E-state index is 0.240. The Kier molecular flexibility index (Phi) is 4.89. The first-order valence-electron chi connectivity index (χ1n) is 8.96. The third kappa shape index (κ3) is 3.78. The molecule has 2 heterocycles. The number of pyridine rings is 1. The van der Waals surface area contributed by atoms with E-state index in [4.69, 9.17) is 0 Å². The van der Waals surface area contributed by atoms with Crippen LogP contribution in [0.15, 0.2) is 79.1 Å². The molecule has 5 nitrogen and oxygen atoms in total. The van der Waals surface area contributed by atoms with E-state index in [-0.39, 0.29) is 5.57 Å². The van der Waals surface area contributed by atoms with Crippen LogP contribution in [0.2, 0.25) is 0 Å². The van der Waals surface area contributed by atoms with Crippen molar-refractivity contribution in [3.8, 4) is 0 Å². The van der Waals surface area contributed by atoms with Crippen molar-refractivity contribution < 1.29 is 9.90 Å². The lowest BCUT2D eigenvalue weighted by atomic mass is 10.0. The van der Waals surface area contributed by atoms with Gasteiger partial charge in [-0.1, -0.05) is 60.7 Å². The van der Waals surface area contributed by atoms with Crippen molar-refractivity contribution >= 4 is 34.3 Å². The third-order valence-electron chi connectivity index (χ3n) is 4.52. The lowest BCUT2D eigenvalue weighted by Gasteiger charge is -2.07. The highest BCUT2D eigenvalue weighted by Gasteiger charge is 2.12. The van der Waals surface area contributed by atoms with Crippen LogP contribution in [0.3, 0.4) is 0 Å². The number of carbonyl (C=O) groups is 1. The van der Waals surface area contributed by atoms with E-state index < -0.39 is 5.97 Å². The predicted molar refractivity (Wildman–Crippen MR) is 112 cm³/mol. The molecule has 138 valence electrons. The summed E-state index contributed by atoms with van der Waals surface area (Å²) in [7, 11) is 0. The van der Waals surface area contributed by atoms with Crippen LogP contribution in [0.5, 0.6) is 0 Å². The maximum atomic E-state index is 11.8. The zero-order chi connectivity index (χ0) is 19.3. The molecule has 0 aliphatic heterocycles. The SMILES string of the molecule is O=C(O)C(=Cc1c[nH]c2ncc(NCc3ccccc3)cc12)c1ccccc1. The number of rotatable bonds is 6. The lowest BCUT2D eigenvalue weighted by molar-refractivity contribution is -0.130. The predicted octanol–water partition coefficient (Wildman–Crippen LogP) is 4.80. The summed E-state index contributed by atoms with van der Waals surface area (Å²) >= 11 is 0. The molecule has 4 rings (SSSR count). The lowest BCUT2D eigenvalue weighted by Crippen LogP contribution is -2.00. The second kappa shape index (κ2) is 7.80. The van der Waals surface area contributed by atoms with Crippen LogP contribution in [0.4, 0.5) is 5.69 Å². The number of nitrogens with one attached hydrogen (secondary N) is 2. The Morgan fingerprint density at radius 1 is 1.07 bits per heavy atom. The van der Waals surface area contributed by atoms with Gasteiger partial charge in [0.2, 0.25) is 0 Å². The second-order valence-corrected chi connectivity index (χ2v) is 6.43. The van der Waals surface area contributed by atoms with Gasteiger partial charge >= 0.3 is 5.97 Å². The minimum Gasteiger partial charge on any atom is -0.478 e. The Labute approximate surface area is 162 Å². The van der Waals surface area contributed by atoms with E-state index in [9.17, 15) is 9.90 Å². The van der Waals surface area contributed by atoms with Crippen LogP contribution < -0.4 is 5.32 Å². The number of aromatic nitrogens is 2. The molecule has 28 heavy (non-hydrogen) atoms. The second-order valence-electron chi connectivity index (χ2n) is 6.43. The zero-order valence-corrected chi connectivity index (χ0v) is 15.1. The maximum absolute atomic E-state index is 11.8. The third-order valence-corrected chi connectivity index (χ3v) is 4.52. The molecule has 0 spiro atoms. The van der Waals surface area contributed by atoms with Crippen LogP contribution in [0, 0.1) is 0 Å². The highest BCUT2D eigenvalue weighted by molar-refractivity contribution is 6.21. The van der Waals surface area contributed by atoms with Crippen molar-refractivity contribution in [1.29, 1.82) is 0 Å². The maximum Gasteiger partial charge on any atom is 0.336 e. The van der Waals surface area contributed by atoms with E-state index >= 15 is 0 Å². The standard InChI is InChI=1S/C23H19N3O2/c27-23(28)21(17-9-5-2-6-10-17)11-18-14-25-22-20(18)12-19(15-26-22)24-13-16-7-3-1-4-8-16/h1-12,14-15,24H,13H2,(H,25,26)(H,27,28). The molecule has 0 bridgehead atoms. The number of anilines is 1. The molecular weight excluding hydrogens is 350 g/mol. The van der Waals surface area contributed by atoms with Crippen LogP contribution in [-0.4, -0.2) is 21.0 Å². The number of carboxylic acids is 1. The van der Waals surface area contributed by atoms with Gasteiger partial charge in [-0.3, -0.25) is 0 Å². The van der Waals surface area contributed by atoms with Gasteiger partial charge in [0, 0.05) is 23.7 Å². The first kappa shape index (κ1) is 17.5. The highest BCUT2D eigenvalue weighted by atomic mass is 16.4. The van der Waals surface area contributed by atoms with Gasteiger partial charge in [0.25, 0.3) is 0 Å². The molecule has 4 aromatic rings. The Balaban J connectivity index is 1.66. The van der Waals surface area contributed by atoms with E-state index in [0.29, 0.717) is 17.8 Å². The molecule has 2 aromatic heterocycles. The van der Waals surface area contributed by atoms with Gasteiger partial charge in [-0.05, 0) is 23.3 Å². The molecule has 3 N–H and O–H groups in total. The largest absolute Gasteiger partial charge is 0.478 e. The van der Waals surface area contributed by atoms with Gasteiger partial charge in [0.15, 0.2) is 0 Å².